The average Bonchev–Trinajstić information content (AvgIpc) is 2.58. The van der Waals surface area contributed by atoms with Crippen molar-refractivity contribution in [3.05, 3.63) is 34.9 Å². The van der Waals surface area contributed by atoms with Gasteiger partial charge in [0.15, 0.2) is 0 Å². The third-order valence-electron chi connectivity index (χ3n) is 4.62. The van der Waals surface area contributed by atoms with E-state index >= 15 is 0 Å². The summed E-state index contributed by atoms with van der Waals surface area (Å²) >= 11 is 0. The van der Waals surface area contributed by atoms with E-state index in [0.29, 0.717) is 32.5 Å². The Balaban J connectivity index is 2.17. The van der Waals surface area contributed by atoms with Gasteiger partial charge in [-0.3, -0.25) is 9.59 Å². The highest BCUT2D eigenvalue weighted by molar-refractivity contribution is 5.95. The molecule has 1 unspecified atom stereocenters. The minimum absolute atomic E-state index is 0.122. The van der Waals surface area contributed by atoms with Crippen molar-refractivity contribution >= 4 is 11.8 Å². The van der Waals surface area contributed by atoms with Crippen molar-refractivity contribution in [2.24, 2.45) is 5.41 Å². The molecular weight excluding hydrogens is 330 g/mol. The first-order chi connectivity index (χ1) is 11.8. The van der Waals surface area contributed by atoms with Gasteiger partial charge in [0.05, 0.1) is 12.0 Å². The molecule has 1 atom stereocenters. The van der Waals surface area contributed by atoms with Crippen LogP contribution in [0.1, 0.15) is 35.7 Å². The van der Waals surface area contributed by atoms with Crippen LogP contribution in [0.25, 0.3) is 0 Å². The second-order valence-corrected chi connectivity index (χ2v) is 6.69. The van der Waals surface area contributed by atoms with E-state index in [1.807, 2.05) is 0 Å². The number of halogens is 2. The first kappa shape index (κ1) is 19.3. The van der Waals surface area contributed by atoms with E-state index in [4.69, 9.17) is 4.74 Å². The molecule has 0 aliphatic carbocycles. The Kier molecular flexibility index (Phi) is 6.11. The number of carbonyl (C=O) groups is 2. The number of benzene rings is 1. The van der Waals surface area contributed by atoms with Gasteiger partial charge in [-0.15, -0.1) is 0 Å². The van der Waals surface area contributed by atoms with Crippen molar-refractivity contribution in [2.75, 3.05) is 33.4 Å². The number of piperidine rings is 1. The maximum atomic E-state index is 14.2. The number of hydrogen-bond acceptors (Lipinski definition) is 3. The fourth-order valence-corrected chi connectivity index (χ4v) is 3.09. The molecule has 1 N–H and O–H groups in total. The zero-order valence-electron chi connectivity index (χ0n) is 14.8. The molecule has 1 saturated heterocycles. The third kappa shape index (κ3) is 4.15. The summed E-state index contributed by atoms with van der Waals surface area (Å²) in [6.45, 7) is 4.50. The summed E-state index contributed by atoms with van der Waals surface area (Å²) in [6.07, 6.45) is 1.20. The zero-order valence-corrected chi connectivity index (χ0v) is 14.8. The second-order valence-electron chi connectivity index (χ2n) is 6.69. The van der Waals surface area contributed by atoms with Crippen LogP contribution in [-0.2, 0) is 9.53 Å². The first-order valence-corrected chi connectivity index (χ1v) is 8.31. The molecule has 25 heavy (non-hydrogen) atoms. The van der Waals surface area contributed by atoms with Crippen molar-refractivity contribution < 1.29 is 23.1 Å². The van der Waals surface area contributed by atoms with E-state index in [2.05, 4.69) is 5.32 Å². The van der Waals surface area contributed by atoms with Crippen LogP contribution in [0.4, 0.5) is 8.78 Å². The summed E-state index contributed by atoms with van der Waals surface area (Å²) < 4.78 is 33.2. The van der Waals surface area contributed by atoms with Crippen LogP contribution in [0.5, 0.6) is 0 Å². The van der Waals surface area contributed by atoms with E-state index in [1.54, 1.807) is 14.0 Å². The standard InChI is InChI=1S/C18H24F2N2O3/c1-12-5-6-13(19)14(15(12)20)16(23)22-9-4-7-18(2,11-22)17(24)21-8-10-25-3/h5-6H,4,7-11H2,1-3H3,(H,21,24). The Morgan fingerprint density at radius 1 is 1.36 bits per heavy atom. The number of hydrogen-bond donors (Lipinski definition) is 1. The summed E-state index contributed by atoms with van der Waals surface area (Å²) in [5.74, 6) is -2.63. The van der Waals surface area contributed by atoms with Gasteiger partial charge in [0.1, 0.15) is 17.2 Å². The van der Waals surface area contributed by atoms with E-state index in [0.717, 1.165) is 6.07 Å². The molecule has 2 rings (SSSR count). The summed E-state index contributed by atoms with van der Waals surface area (Å²) in [4.78, 5) is 26.5. The van der Waals surface area contributed by atoms with Crippen molar-refractivity contribution in [2.45, 2.75) is 26.7 Å². The lowest BCUT2D eigenvalue weighted by atomic mass is 9.80. The van der Waals surface area contributed by atoms with Gasteiger partial charge in [0.25, 0.3) is 5.91 Å². The molecule has 1 fully saturated rings. The molecule has 7 heteroatoms. The Morgan fingerprint density at radius 3 is 2.76 bits per heavy atom. The zero-order chi connectivity index (χ0) is 18.6. The molecule has 2 amide bonds. The van der Waals surface area contributed by atoms with Gasteiger partial charge in [-0.25, -0.2) is 8.78 Å². The fourth-order valence-electron chi connectivity index (χ4n) is 3.09. The summed E-state index contributed by atoms with van der Waals surface area (Å²) in [5, 5.41) is 2.77. The summed E-state index contributed by atoms with van der Waals surface area (Å²) in [6, 6.07) is 2.39. The van der Waals surface area contributed by atoms with Gasteiger partial charge in [0.2, 0.25) is 5.91 Å². The van der Waals surface area contributed by atoms with E-state index in [-0.39, 0.29) is 18.0 Å². The molecule has 0 spiro atoms. The largest absolute Gasteiger partial charge is 0.383 e. The quantitative estimate of drug-likeness (QED) is 0.826. The minimum atomic E-state index is -0.884. The predicted octanol–water partition coefficient (Wildman–Crippen LogP) is 2.28. The molecule has 0 bridgehead atoms. The topological polar surface area (TPSA) is 58.6 Å². The average molecular weight is 354 g/mol. The van der Waals surface area contributed by atoms with Gasteiger partial charge >= 0.3 is 0 Å². The Bertz CT molecular complexity index is 666. The van der Waals surface area contributed by atoms with Crippen LogP contribution in [-0.4, -0.2) is 50.1 Å². The van der Waals surface area contributed by atoms with Gasteiger partial charge in [-0.1, -0.05) is 6.07 Å². The number of likely N-dealkylation sites (tertiary alicyclic amines) is 1. The molecule has 1 aliphatic heterocycles. The smallest absolute Gasteiger partial charge is 0.259 e. The molecule has 138 valence electrons. The van der Waals surface area contributed by atoms with E-state index < -0.39 is 28.5 Å². The van der Waals surface area contributed by atoms with Gasteiger partial charge in [-0.05, 0) is 38.3 Å². The van der Waals surface area contributed by atoms with Gasteiger partial charge in [0, 0.05) is 26.7 Å². The molecule has 1 aromatic rings. The van der Waals surface area contributed by atoms with Crippen molar-refractivity contribution in [3.8, 4) is 0 Å². The van der Waals surface area contributed by atoms with Crippen LogP contribution in [0, 0.1) is 24.0 Å². The number of carbonyl (C=O) groups excluding carboxylic acids is 2. The number of nitrogens with one attached hydrogen (secondary N) is 1. The Hall–Kier alpha value is -2.02. The van der Waals surface area contributed by atoms with Crippen molar-refractivity contribution in [1.82, 2.24) is 10.2 Å². The number of ether oxygens (including phenoxy) is 1. The number of methoxy groups -OCH3 is 1. The van der Waals surface area contributed by atoms with Crippen LogP contribution >= 0.6 is 0 Å². The molecule has 1 aromatic carbocycles. The minimum Gasteiger partial charge on any atom is -0.383 e. The highest BCUT2D eigenvalue weighted by Gasteiger charge is 2.40. The maximum absolute atomic E-state index is 14.2. The lowest BCUT2D eigenvalue weighted by Gasteiger charge is -2.39. The highest BCUT2D eigenvalue weighted by atomic mass is 19.1. The number of amides is 2. The highest BCUT2D eigenvalue weighted by Crippen LogP contribution is 2.31. The molecule has 0 radical (unpaired) electrons. The lowest BCUT2D eigenvalue weighted by Crippen LogP contribution is -2.52. The van der Waals surface area contributed by atoms with Crippen LogP contribution < -0.4 is 5.32 Å². The van der Waals surface area contributed by atoms with E-state index in [9.17, 15) is 18.4 Å². The normalized spacial score (nSPS) is 20.4. The lowest BCUT2D eigenvalue weighted by molar-refractivity contribution is -0.132. The molecule has 0 aromatic heterocycles. The van der Waals surface area contributed by atoms with Crippen molar-refractivity contribution in [1.29, 1.82) is 0 Å². The van der Waals surface area contributed by atoms with Crippen LogP contribution in [0.3, 0.4) is 0 Å². The van der Waals surface area contributed by atoms with Crippen LogP contribution in [0.15, 0.2) is 12.1 Å². The Labute approximate surface area is 146 Å². The van der Waals surface area contributed by atoms with Crippen molar-refractivity contribution in [3.63, 3.8) is 0 Å². The molecule has 1 aliphatic rings. The van der Waals surface area contributed by atoms with Crippen LogP contribution in [0.2, 0.25) is 0 Å². The summed E-state index contributed by atoms with van der Waals surface area (Å²) in [7, 11) is 1.54. The molecule has 1 heterocycles. The number of aryl methyl sites for hydroxylation is 1. The van der Waals surface area contributed by atoms with E-state index in [1.165, 1.54) is 17.9 Å². The fraction of sp³-hybridized carbons (Fsp3) is 0.556. The summed E-state index contributed by atoms with van der Waals surface area (Å²) in [5.41, 5.74) is -1.14. The number of nitrogens with zero attached hydrogens (tertiary/aromatic N) is 1. The third-order valence-corrected chi connectivity index (χ3v) is 4.62. The van der Waals surface area contributed by atoms with Gasteiger partial charge in [-0.2, -0.15) is 0 Å². The second kappa shape index (κ2) is 7.91. The maximum Gasteiger partial charge on any atom is 0.259 e. The first-order valence-electron chi connectivity index (χ1n) is 8.31. The molecular formula is C18H24F2N2O3. The SMILES string of the molecule is COCCNC(=O)C1(C)CCCN(C(=O)c2c(F)ccc(C)c2F)C1. The predicted molar refractivity (Wildman–Crippen MR) is 89.2 cm³/mol. The monoisotopic (exact) mass is 354 g/mol. The number of rotatable bonds is 5. The van der Waals surface area contributed by atoms with Gasteiger partial charge < -0.3 is 15.0 Å². The molecule has 0 saturated carbocycles. The Morgan fingerprint density at radius 2 is 2.08 bits per heavy atom. The molecule has 5 nitrogen and oxygen atoms in total.